The molecule has 5 heteroatoms. The monoisotopic (exact) mass is 195 g/mol. The number of carbonyl (C=O) groups is 1. The summed E-state index contributed by atoms with van der Waals surface area (Å²) in [7, 11) is 0. The van der Waals surface area contributed by atoms with Gasteiger partial charge in [-0.1, -0.05) is 13.8 Å². The van der Waals surface area contributed by atoms with Gasteiger partial charge in [0.05, 0.1) is 11.4 Å². The zero-order valence-electron chi connectivity index (χ0n) is 8.40. The van der Waals surface area contributed by atoms with Gasteiger partial charge in [-0.25, -0.2) is 14.8 Å². The lowest BCUT2D eigenvalue weighted by molar-refractivity contribution is 0.0691. The molecule has 0 saturated heterocycles. The summed E-state index contributed by atoms with van der Waals surface area (Å²) in [6, 6.07) is 0. The van der Waals surface area contributed by atoms with Crippen LogP contribution in [0.4, 0.5) is 5.69 Å². The molecule has 0 spiro atoms. The largest absolute Gasteiger partial charge is 0.476 e. The van der Waals surface area contributed by atoms with Crippen molar-refractivity contribution in [2.75, 3.05) is 5.73 Å². The van der Waals surface area contributed by atoms with E-state index >= 15 is 0 Å². The van der Waals surface area contributed by atoms with E-state index in [-0.39, 0.29) is 17.3 Å². The van der Waals surface area contributed by atoms with Crippen molar-refractivity contribution in [3.63, 3.8) is 0 Å². The number of carboxylic acid groups (broad SMARTS) is 1. The summed E-state index contributed by atoms with van der Waals surface area (Å²) in [5.41, 5.74) is 6.09. The summed E-state index contributed by atoms with van der Waals surface area (Å²) in [5, 5.41) is 8.83. The maximum atomic E-state index is 10.8. The number of nitrogens with two attached hydrogens (primary N) is 1. The van der Waals surface area contributed by atoms with Crippen molar-refractivity contribution in [3.8, 4) is 0 Å². The highest BCUT2D eigenvalue weighted by atomic mass is 16.4. The molecule has 0 aromatic carbocycles. The molecule has 1 aromatic heterocycles. The standard InChI is InChI=1S/C9H13N3O2/c1-4(2)8-11-5(3)6(10)7(12-8)9(13)14/h4H,10H2,1-3H3,(H,13,14). The van der Waals surface area contributed by atoms with E-state index in [9.17, 15) is 4.79 Å². The Morgan fingerprint density at radius 2 is 2.00 bits per heavy atom. The Bertz CT molecular complexity index is 375. The Morgan fingerprint density at radius 1 is 1.43 bits per heavy atom. The van der Waals surface area contributed by atoms with Crippen LogP contribution in [0.1, 0.15) is 41.8 Å². The van der Waals surface area contributed by atoms with Gasteiger partial charge in [0.15, 0.2) is 5.69 Å². The van der Waals surface area contributed by atoms with Crippen LogP contribution in [0.15, 0.2) is 0 Å². The molecule has 1 rings (SSSR count). The summed E-state index contributed by atoms with van der Waals surface area (Å²) in [6.45, 7) is 5.47. The zero-order valence-corrected chi connectivity index (χ0v) is 8.40. The molecule has 76 valence electrons. The lowest BCUT2D eigenvalue weighted by atomic mass is 10.2. The van der Waals surface area contributed by atoms with Crippen molar-refractivity contribution < 1.29 is 9.90 Å². The SMILES string of the molecule is Cc1nc(C(C)C)nc(C(=O)O)c1N. The number of hydrogen-bond acceptors (Lipinski definition) is 4. The normalized spacial score (nSPS) is 10.6. The van der Waals surface area contributed by atoms with E-state index in [0.717, 1.165) is 0 Å². The van der Waals surface area contributed by atoms with Gasteiger partial charge in [0.25, 0.3) is 0 Å². The number of nitrogens with zero attached hydrogens (tertiary/aromatic N) is 2. The van der Waals surface area contributed by atoms with Crippen LogP contribution in [0, 0.1) is 6.92 Å². The second kappa shape index (κ2) is 3.61. The first-order chi connectivity index (χ1) is 6.43. The highest BCUT2D eigenvalue weighted by Crippen LogP contribution is 2.17. The van der Waals surface area contributed by atoms with Crippen molar-refractivity contribution in [2.45, 2.75) is 26.7 Å². The molecule has 14 heavy (non-hydrogen) atoms. The van der Waals surface area contributed by atoms with Gasteiger partial charge in [-0.15, -0.1) is 0 Å². The van der Waals surface area contributed by atoms with Gasteiger partial charge in [0, 0.05) is 5.92 Å². The third kappa shape index (κ3) is 1.81. The zero-order chi connectivity index (χ0) is 10.9. The predicted molar refractivity (Wildman–Crippen MR) is 52.2 cm³/mol. The number of aromatic carboxylic acids is 1. The van der Waals surface area contributed by atoms with Crippen LogP contribution in [0.2, 0.25) is 0 Å². The number of nitrogen functional groups attached to an aromatic ring is 1. The van der Waals surface area contributed by atoms with Crippen LogP contribution in [0.5, 0.6) is 0 Å². The molecule has 0 radical (unpaired) electrons. The van der Waals surface area contributed by atoms with Crippen LogP contribution in [0.25, 0.3) is 0 Å². The topological polar surface area (TPSA) is 89.1 Å². The molecular formula is C9H13N3O2. The summed E-state index contributed by atoms with van der Waals surface area (Å²) < 4.78 is 0. The summed E-state index contributed by atoms with van der Waals surface area (Å²) >= 11 is 0. The van der Waals surface area contributed by atoms with Crippen molar-refractivity contribution in [2.24, 2.45) is 0 Å². The van der Waals surface area contributed by atoms with Gasteiger partial charge in [-0.3, -0.25) is 0 Å². The molecule has 5 nitrogen and oxygen atoms in total. The molecule has 0 bridgehead atoms. The first kappa shape index (κ1) is 10.4. The van der Waals surface area contributed by atoms with Gasteiger partial charge >= 0.3 is 5.97 Å². The fourth-order valence-electron chi connectivity index (χ4n) is 1.02. The van der Waals surface area contributed by atoms with Crippen LogP contribution in [-0.2, 0) is 0 Å². The highest BCUT2D eigenvalue weighted by Gasteiger charge is 2.16. The average molecular weight is 195 g/mol. The molecule has 0 amide bonds. The smallest absolute Gasteiger partial charge is 0.356 e. The van der Waals surface area contributed by atoms with Gasteiger partial charge in [0.1, 0.15) is 5.82 Å². The molecule has 0 saturated carbocycles. The van der Waals surface area contributed by atoms with Gasteiger partial charge in [-0.05, 0) is 6.92 Å². The van der Waals surface area contributed by atoms with E-state index in [0.29, 0.717) is 11.5 Å². The Labute approximate surface area is 82.0 Å². The minimum absolute atomic E-state index is 0.0902. The lowest BCUT2D eigenvalue weighted by Gasteiger charge is -2.08. The fraction of sp³-hybridized carbons (Fsp3) is 0.444. The molecule has 0 atom stereocenters. The van der Waals surface area contributed by atoms with Crippen LogP contribution >= 0.6 is 0 Å². The minimum atomic E-state index is -1.12. The van der Waals surface area contributed by atoms with Crippen molar-refractivity contribution in [1.82, 2.24) is 9.97 Å². The van der Waals surface area contributed by atoms with E-state index in [2.05, 4.69) is 9.97 Å². The van der Waals surface area contributed by atoms with Crippen LogP contribution in [0.3, 0.4) is 0 Å². The quantitative estimate of drug-likeness (QED) is 0.739. The third-order valence-electron chi connectivity index (χ3n) is 1.87. The number of carboxylic acids is 1. The van der Waals surface area contributed by atoms with Crippen LogP contribution < -0.4 is 5.73 Å². The Hall–Kier alpha value is -1.65. The first-order valence-electron chi connectivity index (χ1n) is 4.30. The summed E-state index contributed by atoms with van der Waals surface area (Å²) in [6.07, 6.45) is 0. The third-order valence-corrected chi connectivity index (χ3v) is 1.87. The maximum absolute atomic E-state index is 10.8. The molecule has 0 aliphatic heterocycles. The summed E-state index contributed by atoms with van der Waals surface area (Å²) in [5.74, 6) is -0.517. The number of anilines is 1. The molecule has 3 N–H and O–H groups in total. The van der Waals surface area contributed by atoms with E-state index in [4.69, 9.17) is 10.8 Å². The average Bonchev–Trinajstić information content (AvgIpc) is 2.08. The Balaban J connectivity index is 3.35. The molecule has 1 aromatic rings. The second-order valence-corrected chi connectivity index (χ2v) is 3.39. The van der Waals surface area contributed by atoms with Gasteiger partial charge in [0.2, 0.25) is 0 Å². The second-order valence-electron chi connectivity index (χ2n) is 3.39. The van der Waals surface area contributed by atoms with Crippen molar-refractivity contribution in [3.05, 3.63) is 17.2 Å². The molecular weight excluding hydrogens is 182 g/mol. The molecule has 0 fully saturated rings. The highest BCUT2D eigenvalue weighted by molar-refractivity contribution is 5.91. The fourth-order valence-corrected chi connectivity index (χ4v) is 1.02. The summed E-state index contributed by atoms with van der Waals surface area (Å²) in [4.78, 5) is 18.8. The molecule has 0 aliphatic rings. The van der Waals surface area contributed by atoms with E-state index < -0.39 is 5.97 Å². The number of aryl methyl sites for hydroxylation is 1. The minimum Gasteiger partial charge on any atom is -0.476 e. The molecule has 0 aliphatic carbocycles. The van der Waals surface area contributed by atoms with E-state index in [1.54, 1.807) is 6.92 Å². The predicted octanol–water partition coefficient (Wildman–Crippen LogP) is 1.19. The number of aromatic nitrogens is 2. The number of hydrogen-bond donors (Lipinski definition) is 2. The van der Waals surface area contributed by atoms with E-state index in [1.807, 2.05) is 13.8 Å². The molecule has 0 unspecified atom stereocenters. The van der Waals surface area contributed by atoms with Crippen molar-refractivity contribution in [1.29, 1.82) is 0 Å². The van der Waals surface area contributed by atoms with Crippen LogP contribution in [-0.4, -0.2) is 21.0 Å². The Morgan fingerprint density at radius 3 is 2.43 bits per heavy atom. The van der Waals surface area contributed by atoms with Gasteiger partial charge < -0.3 is 10.8 Å². The van der Waals surface area contributed by atoms with Crippen molar-refractivity contribution >= 4 is 11.7 Å². The first-order valence-corrected chi connectivity index (χ1v) is 4.30. The lowest BCUT2D eigenvalue weighted by Crippen LogP contribution is -2.12. The molecule has 1 heterocycles. The van der Waals surface area contributed by atoms with Gasteiger partial charge in [-0.2, -0.15) is 0 Å². The Kier molecular flexibility index (Phi) is 2.69. The number of rotatable bonds is 2. The van der Waals surface area contributed by atoms with E-state index in [1.165, 1.54) is 0 Å². The maximum Gasteiger partial charge on any atom is 0.356 e.